The van der Waals surface area contributed by atoms with Crippen molar-refractivity contribution in [3.8, 4) is 5.75 Å². The molecular formula is C14H21NO. The largest absolute Gasteiger partial charge is 0.493 e. The van der Waals surface area contributed by atoms with Crippen LogP contribution in [0.2, 0.25) is 0 Å². The lowest BCUT2D eigenvalue weighted by atomic mass is 10.1. The highest BCUT2D eigenvalue weighted by molar-refractivity contribution is 5.27. The summed E-state index contributed by atoms with van der Waals surface area (Å²) in [5.41, 5.74) is 1.40. The molecule has 0 bridgehead atoms. The molecule has 1 N–H and O–H groups in total. The van der Waals surface area contributed by atoms with Crippen molar-refractivity contribution < 1.29 is 4.74 Å². The predicted octanol–water partition coefficient (Wildman–Crippen LogP) is 2.63. The first-order valence-electron chi connectivity index (χ1n) is 6.31. The summed E-state index contributed by atoms with van der Waals surface area (Å²) < 4.78 is 5.78. The Labute approximate surface area is 98.0 Å². The number of ether oxygens (including phenoxy) is 1. The highest BCUT2D eigenvalue weighted by atomic mass is 16.5. The van der Waals surface area contributed by atoms with Gasteiger partial charge in [0.25, 0.3) is 0 Å². The first kappa shape index (κ1) is 11.5. The second-order valence-corrected chi connectivity index (χ2v) is 4.56. The number of hydrogen-bond acceptors (Lipinski definition) is 2. The fourth-order valence-corrected chi connectivity index (χ4v) is 2.11. The maximum atomic E-state index is 5.78. The molecule has 16 heavy (non-hydrogen) atoms. The van der Waals surface area contributed by atoms with Crippen molar-refractivity contribution in [3.63, 3.8) is 0 Å². The molecule has 2 heteroatoms. The number of benzene rings is 1. The van der Waals surface area contributed by atoms with Crippen LogP contribution in [0.1, 0.15) is 25.3 Å². The molecule has 1 aromatic rings. The Morgan fingerprint density at radius 2 is 2.12 bits per heavy atom. The zero-order chi connectivity index (χ0) is 11.2. The second kappa shape index (κ2) is 5.90. The molecule has 0 aliphatic carbocycles. The molecule has 1 atom stereocenters. The fourth-order valence-electron chi connectivity index (χ4n) is 2.11. The van der Waals surface area contributed by atoms with E-state index in [9.17, 15) is 0 Å². The van der Waals surface area contributed by atoms with Crippen molar-refractivity contribution in [2.24, 2.45) is 5.92 Å². The van der Waals surface area contributed by atoms with Gasteiger partial charge in [-0.2, -0.15) is 0 Å². The molecule has 0 aromatic heterocycles. The molecule has 0 spiro atoms. The summed E-state index contributed by atoms with van der Waals surface area (Å²) in [5, 5.41) is 3.35. The third-order valence-corrected chi connectivity index (χ3v) is 3.11. The third-order valence-electron chi connectivity index (χ3n) is 3.11. The number of aryl methyl sites for hydroxylation is 1. The van der Waals surface area contributed by atoms with Crippen LogP contribution in [0.4, 0.5) is 0 Å². The van der Waals surface area contributed by atoms with Crippen LogP contribution in [0.3, 0.4) is 0 Å². The Morgan fingerprint density at radius 3 is 2.75 bits per heavy atom. The molecule has 1 heterocycles. The smallest absolute Gasteiger partial charge is 0.119 e. The highest BCUT2D eigenvalue weighted by Crippen LogP contribution is 2.16. The monoisotopic (exact) mass is 219 g/mol. The van der Waals surface area contributed by atoms with E-state index < -0.39 is 0 Å². The molecule has 0 saturated carbocycles. The Balaban J connectivity index is 1.80. The highest BCUT2D eigenvalue weighted by Gasteiger charge is 2.14. The van der Waals surface area contributed by atoms with Crippen LogP contribution in [0.5, 0.6) is 5.75 Å². The fraction of sp³-hybridized carbons (Fsp3) is 0.571. The van der Waals surface area contributed by atoms with Crippen LogP contribution < -0.4 is 10.1 Å². The molecule has 1 fully saturated rings. The summed E-state index contributed by atoms with van der Waals surface area (Å²) in [6, 6.07) is 8.53. The number of nitrogens with one attached hydrogen (secondary N) is 1. The Morgan fingerprint density at radius 1 is 1.31 bits per heavy atom. The molecule has 88 valence electrons. The molecule has 0 amide bonds. The Kier molecular flexibility index (Phi) is 4.23. The summed E-state index contributed by atoms with van der Waals surface area (Å²) >= 11 is 0. The van der Waals surface area contributed by atoms with Crippen molar-refractivity contribution in [3.05, 3.63) is 29.8 Å². The van der Waals surface area contributed by atoms with Gasteiger partial charge in [-0.15, -0.1) is 0 Å². The van der Waals surface area contributed by atoms with Gasteiger partial charge in [-0.05, 0) is 37.1 Å². The van der Waals surface area contributed by atoms with Gasteiger partial charge in [-0.1, -0.05) is 25.5 Å². The van der Waals surface area contributed by atoms with Gasteiger partial charge in [-0.25, -0.2) is 0 Å². The van der Waals surface area contributed by atoms with Gasteiger partial charge in [0.2, 0.25) is 0 Å². The molecule has 0 radical (unpaired) electrons. The van der Waals surface area contributed by atoms with Crippen LogP contribution in [0.15, 0.2) is 24.3 Å². The average molecular weight is 219 g/mol. The van der Waals surface area contributed by atoms with E-state index in [4.69, 9.17) is 4.74 Å². The molecule has 0 unspecified atom stereocenters. The Bertz CT molecular complexity index is 301. The van der Waals surface area contributed by atoms with E-state index in [1.807, 2.05) is 0 Å². The van der Waals surface area contributed by atoms with Gasteiger partial charge in [0.1, 0.15) is 5.75 Å². The van der Waals surface area contributed by atoms with Crippen molar-refractivity contribution in [2.45, 2.75) is 26.2 Å². The lowest BCUT2D eigenvalue weighted by Gasteiger charge is -2.11. The van der Waals surface area contributed by atoms with Crippen molar-refractivity contribution in [1.29, 1.82) is 0 Å². The molecular weight excluding hydrogens is 198 g/mol. The zero-order valence-corrected chi connectivity index (χ0v) is 10.0. The molecule has 1 saturated heterocycles. The average Bonchev–Trinajstić information content (AvgIpc) is 2.82. The van der Waals surface area contributed by atoms with Crippen molar-refractivity contribution >= 4 is 0 Å². The van der Waals surface area contributed by atoms with Gasteiger partial charge in [0.05, 0.1) is 6.61 Å². The van der Waals surface area contributed by atoms with Crippen LogP contribution in [0.25, 0.3) is 0 Å². The van der Waals surface area contributed by atoms with Crippen LogP contribution in [-0.2, 0) is 6.42 Å². The predicted molar refractivity (Wildman–Crippen MR) is 66.9 cm³/mol. The van der Waals surface area contributed by atoms with Gasteiger partial charge in [0.15, 0.2) is 0 Å². The third kappa shape index (κ3) is 3.24. The van der Waals surface area contributed by atoms with Crippen molar-refractivity contribution in [2.75, 3.05) is 19.7 Å². The molecule has 1 aliphatic rings. The molecule has 1 aliphatic heterocycles. The van der Waals surface area contributed by atoms with E-state index in [0.29, 0.717) is 5.92 Å². The quantitative estimate of drug-likeness (QED) is 0.822. The first-order chi connectivity index (χ1) is 7.88. The maximum Gasteiger partial charge on any atom is 0.119 e. The van der Waals surface area contributed by atoms with Gasteiger partial charge >= 0.3 is 0 Å². The van der Waals surface area contributed by atoms with E-state index in [1.54, 1.807) is 0 Å². The number of rotatable bonds is 5. The maximum absolute atomic E-state index is 5.78. The lowest BCUT2D eigenvalue weighted by molar-refractivity contribution is 0.260. The topological polar surface area (TPSA) is 21.3 Å². The minimum atomic E-state index is 0.690. The van der Waals surface area contributed by atoms with Crippen LogP contribution in [0, 0.1) is 5.92 Å². The zero-order valence-electron chi connectivity index (χ0n) is 10.0. The van der Waals surface area contributed by atoms with E-state index in [2.05, 4.69) is 36.5 Å². The minimum Gasteiger partial charge on any atom is -0.493 e. The van der Waals surface area contributed by atoms with Gasteiger partial charge in [-0.3, -0.25) is 0 Å². The molecule has 1 aromatic carbocycles. The molecule has 2 nitrogen and oxygen atoms in total. The van der Waals surface area contributed by atoms with E-state index >= 15 is 0 Å². The summed E-state index contributed by atoms with van der Waals surface area (Å²) in [6.07, 6.45) is 3.61. The van der Waals surface area contributed by atoms with Crippen LogP contribution in [-0.4, -0.2) is 19.7 Å². The summed E-state index contributed by atoms with van der Waals surface area (Å²) in [6.45, 7) is 5.30. The summed E-state index contributed by atoms with van der Waals surface area (Å²) in [4.78, 5) is 0. The van der Waals surface area contributed by atoms with Crippen LogP contribution >= 0.6 is 0 Å². The standard InChI is InChI=1S/C14H21NO/c1-2-3-12-4-6-14(7-5-12)16-11-13-8-9-15-10-13/h4-7,13,15H,2-3,8-11H2,1H3/t13-/m0/s1. The van der Waals surface area contributed by atoms with E-state index in [-0.39, 0.29) is 0 Å². The van der Waals surface area contributed by atoms with Gasteiger partial charge in [0, 0.05) is 12.5 Å². The SMILES string of the molecule is CCCc1ccc(OC[C@H]2CCNC2)cc1. The summed E-state index contributed by atoms with van der Waals surface area (Å²) in [7, 11) is 0. The van der Waals surface area contributed by atoms with E-state index in [0.717, 1.165) is 31.9 Å². The lowest BCUT2D eigenvalue weighted by Crippen LogP contribution is -2.15. The Hall–Kier alpha value is -1.02. The second-order valence-electron chi connectivity index (χ2n) is 4.56. The summed E-state index contributed by atoms with van der Waals surface area (Å²) in [5.74, 6) is 1.70. The minimum absolute atomic E-state index is 0.690. The van der Waals surface area contributed by atoms with E-state index in [1.165, 1.54) is 18.4 Å². The molecule has 2 rings (SSSR count). The number of hydrogen-bond donors (Lipinski definition) is 1. The normalized spacial score (nSPS) is 19.9. The van der Waals surface area contributed by atoms with Crippen molar-refractivity contribution in [1.82, 2.24) is 5.32 Å². The first-order valence-corrected chi connectivity index (χ1v) is 6.31. The van der Waals surface area contributed by atoms with Gasteiger partial charge < -0.3 is 10.1 Å².